The Morgan fingerprint density at radius 1 is 1.07 bits per heavy atom. The van der Waals surface area contributed by atoms with E-state index in [0.717, 1.165) is 42.9 Å². The fourth-order valence-corrected chi connectivity index (χ4v) is 4.54. The van der Waals surface area contributed by atoms with E-state index in [2.05, 4.69) is 28.9 Å². The predicted molar refractivity (Wildman–Crippen MR) is 115 cm³/mol. The second kappa shape index (κ2) is 8.41. The van der Waals surface area contributed by atoms with Gasteiger partial charge >= 0.3 is 6.18 Å². The van der Waals surface area contributed by atoms with Gasteiger partial charge in [-0.25, -0.2) is 0 Å². The number of para-hydroxylation sites is 2. The summed E-state index contributed by atoms with van der Waals surface area (Å²) >= 11 is 4.61. The molecular weight excluding hydrogens is 411 g/mol. The zero-order valence-electron chi connectivity index (χ0n) is 16.4. The van der Waals surface area contributed by atoms with E-state index in [1.54, 1.807) is 0 Å². The number of piperidine rings is 1. The van der Waals surface area contributed by atoms with E-state index < -0.39 is 11.7 Å². The Labute approximate surface area is 179 Å². The smallest absolute Gasteiger partial charge is 0.370 e. The maximum absolute atomic E-state index is 12.7. The molecule has 1 N–H and O–H groups in total. The Balaban J connectivity index is 1.35. The van der Waals surface area contributed by atoms with Gasteiger partial charge in [0.05, 0.1) is 28.7 Å². The molecule has 0 bridgehead atoms. The molecule has 160 valence electrons. The number of nitrogens with one attached hydrogen (secondary N) is 1. The summed E-state index contributed by atoms with van der Waals surface area (Å²) < 4.78 is 38.1. The summed E-state index contributed by atoms with van der Waals surface area (Å²) in [5.41, 5.74) is 2.14. The normalized spacial score (nSPS) is 19.9. The van der Waals surface area contributed by atoms with Crippen LogP contribution in [0, 0.1) is 0 Å². The highest BCUT2D eigenvalue weighted by molar-refractivity contribution is 7.81. The number of halogens is 3. The van der Waals surface area contributed by atoms with E-state index in [1.165, 1.54) is 12.1 Å². The van der Waals surface area contributed by atoms with E-state index in [0.29, 0.717) is 24.7 Å². The van der Waals surface area contributed by atoms with Crippen molar-refractivity contribution in [1.82, 2.24) is 4.90 Å². The van der Waals surface area contributed by atoms with Crippen molar-refractivity contribution in [3.8, 4) is 0 Å². The predicted octanol–water partition coefficient (Wildman–Crippen LogP) is 4.43. The van der Waals surface area contributed by atoms with Gasteiger partial charge in [-0.05, 0) is 42.7 Å². The Morgan fingerprint density at radius 3 is 2.40 bits per heavy atom. The number of rotatable bonds is 3. The molecule has 1 atom stereocenters. The first-order valence-electron chi connectivity index (χ1n) is 10.1. The Kier molecular flexibility index (Phi) is 5.86. The van der Waals surface area contributed by atoms with Crippen LogP contribution in [0.5, 0.6) is 0 Å². The lowest BCUT2D eigenvalue weighted by atomic mass is 10.00. The summed E-state index contributed by atoms with van der Waals surface area (Å²) in [6.07, 6.45) is -2.53. The number of carbonyl (C=O) groups excluding carboxylic acids is 1. The number of hydrogen-bond acceptors (Lipinski definition) is 4. The van der Waals surface area contributed by atoms with Crippen molar-refractivity contribution in [2.45, 2.75) is 36.9 Å². The molecule has 1 amide bonds. The first-order valence-corrected chi connectivity index (χ1v) is 10.6. The van der Waals surface area contributed by atoms with Gasteiger partial charge < -0.3 is 15.1 Å². The lowest BCUT2D eigenvalue weighted by molar-refractivity contribution is -0.137. The minimum absolute atomic E-state index is 0.0407. The van der Waals surface area contributed by atoms with Crippen molar-refractivity contribution >= 4 is 29.9 Å². The van der Waals surface area contributed by atoms with Crippen LogP contribution in [0.15, 0.2) is 48.5 Å². The Bertz CT molecular complexity index is 895. The highest BCUT2D eigenvalue weighted by Gasteiger charge is 2.32. The summed E-state index contributed by atoms with van der Waals surface area (Å²) in [6, 6.07) is 13.3. The molecule has 4 rings (SSSR count). The SMILES string of the molecule is O=C(Cc1ccc(C(F)(F)F)cc1)N1CCC(N2CC(S)Nc3ccccc32)CC1. The van der Waals surface area contributed by atoms with E-state index >= 15 is 0 Å². The topological polar surface area (TPSA) is 35.6 Å². The molecule has 2 aromatic carbocycles. The van der Waals surface area contributed by atoms with Crippen LogP contribution in [0.1, 0.15) is 24.0 Å². The van der Waals surface area contributed by atoms with Crippen LogP contribution in [0.2, 0.25) is 0 Å². The standard InChI is InChI=1S/C22H24F3N3OS/c23-22(24,25)16-7-5-15(6-8-16)13-21(29)27-11-9-17(10-12-27)28-14-20(30)26-18-3-1-2-4-19(18)28/h1-8,17,20,26,30H,9-14H2. The van der Waals surface area contributed by atoms with E-state index in [9.17, 15) is 18.0 Å². The quantitative estimate of drug-likeness (QED) is 0.701. The summed E-state index contributed by atoms with van der Waals surface area (Å²) in [6.45, 7) is 2.09. The van der Waals surface area contributed by atoms with Crippen molar-refractivity contribution in [3.63, 3.8) is 0 Å². The fourth-order valence-electron chi connectivity index (χ4n) is 4.23. The summed E-state index contributed by atoms with van der Waals surface area (Å²) in [5, 5.41) is 3.44. The third-order valence-corrected chi connectivity index (χ3v) is 6.09. The lowest BCUT2D eigenvalue weighted by Gasteiger charge is -2.44. The lowest BCUT2D eigenvalue weighted by Crippen LogP contribution is -2.51. The number of hydrogen-bond donors (Lipinski definition) is 2. The van der Waals surface area contributed by atoms with E-state index in [-0.39, 0.29) is 17.7 Å². The van der Waals surface area contributed by atoms with Gasteiger partial charge in [0.25, 0.3) is 0 Å². The third kappa shape index (κ3) is 4.53. The molecular formula is C22H24F3N3OS. The summed E-state index contributed by atoms with van der Waals surface area (Å²) in [4.78, 5) is 16.8. The number of likely N-dealkylation sites (tertiary alicyclic amines) is 1. The maximum Gasteiger partial charge on any atom is 0.416 e. The number of thiol groups is 1. The molecule has 2 aromatic rings. The first kappa shape index (κ1) is 20.9. The van der Waals surface area contributed by atoms with Crippen LogP contribution >= 0.6 is 12.6 Å². The van der Waals surface area contributed by atoms with Crippen LogP contribution in [-0.4, -0.2) is 41.9 Å². The number of amides is 1. The van der Waals surface area contributed by atoms with Gasteiger partial charge in [0.2, 0.25) is 5.91 Å². The molecule has 30 heavy (non-hydrogen) atoms. The molecule has 2 aliphatic rings. The number of nitrogens with zero attached hydrogens (tertiary/aromatic N) is 2. The van der Waals surface area contributed by atoms with Crippen LogP contribution in [0.4, 0.5) is 24.5 Å². The highest BCUT2D eigenvalue weighted by atomic mass is 32.1. The van der Waals surface area contributed by atoms with Crippen molar-refractivity contribution in [3.05, 3.63) is 59.7 Å². The molecule has 0 aliphatic carbocycles. The molecule has 2 heterocycles. The van der Waals surface area contributed by atoms with Gasteiger partial charge in [-0.2, -0.15) is 25.8 Å². The molecule has 2 aliphatic heterocycles. The van der Waals surface area contributed by atoms with Crippen molar-refractivity contribution in [1.29, 1.82) is 0 Å². The van der Waals surface area contributed by atoms with Gasteiger partial charge in [0.15, 0.2) is 0 Å². The maximum atomic E-state index is 12.7. The zero-order chi connectivity index (χ0) is 21.3. The molecule has 1 saturated heterocycles. The average Bonchev–Trinajstić information content (AvgIpc) is 2.73. The summed E-state index contributed by atoms with van der Waals surface area (Å²) in [5.74, 6) is -0.0407. The zero-order valence-corrected chi connectivity index (χ0v) is 17.3. The Hall–Kier alpha value is -2.35. The molecule has 8 heteroatoms. The van der Waals surface area contributed by atoms with Crippen LogP contribution in [0.3, 0.4) is 0 Å². The van der Waals surface area contributed by atoms with Crippen molar-refractivity contribution < 1.29 is 18.0 Å². The minimum Gasteiger partial charge on any atom is -0.370 e. The van der Waals surface area contributed by atoms with Gasteiger partial charge in [-0.15, -0.1) is 0 Å². The van der Waals surface area contributed by atoms with Crippen LogP contribution < -0.4 is 10.2 Å². The van der Waals surface area contributed by atoms with Gasteiger partial charge in [0.1, 0.15) is 0 Å². The average molecular weight is 436 g/mol. The number of anilines is 2. The summed E-state index contributed by atoms with van der Waals surface area (Å²) in [7, 11) is 0. The Morgan fingerprint density at radius 2 is 1.73 bits per heavy atom. The van der Waals surface area contributed by atoms with Crippen molar-refractivity contribution in [2.75, 3.05) is 29.9 Å². The van der Waals surface area contributed by atoms with E-state index in [1.807, 2.05) is 23.1 Å². The minimum atomic E-state index is -4.36. The number of fused-ring (bicyclic) bond motifs is 1. The molecule has 0 spiro atoms. The number of carbonyl (C=O) groups is 1. The van der Waals surface area contributed by atoms with Gasteiger partial charge in [0, 0.05) is 25.7 Å². The second-order valence-electron chi connectivity index (χ2n) is 7.81. The molecule has 0 aromatic heterocycles. The molecule has 4 nitrogen and oxygen atoms in total. The van der Waals surface area contributed by atoms with Crippen LogP contribution in [0.25, 0.3) is 0 Å². The molecule has 0 radical (unpaired) electrons. The molecule has 1 fully saturated rings. The second-order valence-corrected chi connectivity index (χ2v) is 8.44. The highest BCUT2D eigenvalue weighted by Crippen LogP contribution is 2.35. The monoisotopic (exact) mass is 435 g/mol. The third-order valence-electron chi connectivity index (χ3n) is 5.80. The van der Waals surface area contributed by atoms with Crippen LogP contribution in [-0.2, 0) is 17.4 Å². The fraction of sp³-hybridized carbons (Fsp3) is 0.409. The number of alkyl halides is 3. The van der Waals surface area contributed by atoms with E-state index in [4.69, 9.17) is 0 Å². The number of benzene rings is 2. The van der Waals surface area contributed by atoms with Crippen molar-refractivity contribution in [2.24, 2.45) is 0 Å². The van der Waals surface area contributed by atoms with Gasteiger partial charge in [-0.1, -0.05) is 24.3 Å². The molecule has 0 saturated carbocycles. The van der Waals surface area contributed by atoms with Gasteiger partial charge in [-0.3, -0.25) is 4.79 Å². The molecule has 1 unspecified atom stereocenters. The largest absolute Gasteiger partial charge is 0.416 e. The first-order chi connectivity index (χ1) is 14.3.